The van der Waals surface area contributed by atoms with Gasteiger partial charge >= 0.3 is 0 Å². The molecule has 0 bridgehead atoms. The van der Waals surface area contributed by atoms with Gasteiger partial charge in [0.05, 0.1) is 25.5 Å². The summed E-state index contributed by atoms with van der Waals surface area (Å²) < 4.78 is 16.8. The molecule has 4 heteroatoms. The lowest BCUT2D eigenvalue weighted by Gasteiger charge is -2.13. The van der Waals surface area contributed by atoms with Crippen LogP contribution in [0.1, 0.15) is 24.3 Å². The van der Waals surface area contributed by atoms with Gasteiger partial charge in [-0.25, -0.2) is 0 Å². The maximum atomic E-state index is 6.17. The maximum absolute atomic E-state index is 6.17. The number of fused-ring (bicyclic) bond motifs is 1. The van der Waals surface area contributed by atoms with Gasteiger partial charge in [0.1, 0.15) is 5.76 Å². The fourth-order valence-electron chi connectivity index (χ4n) is 2.09. The van der Waals surface area contributed by atoms with Crippen LogP contribution in [0.2, 0.25) is 0 Å². The lowest BCUT2D eigenvalue weighted by Crippen LogP contribution is -2.12. The van der Waals surface area contributed by atoms with Gasteiger partial charge in [0.15, 0.2) is 11.5 Å². The quantitative estimate of drug-likeness (QED) is 0.901. The number of ether oxygens (including phenoxy) is 2. The fraction of sp³-hybridized carbons (Fsp3) is 0.333. The van der Waals surface area contributed by atoms with E-state index < -0.39 is 0 Å². The number of nitrogens with two attached hydrogens (primary N) is 1. The number of rotatable bonds is 2. The Morgan fingerprint density at radius 2 is 1.95 bits per heavy atom. The van der Waals surface area contributed by atoms with Crippen molar-refractivity contribution in [1.29, 1.82) is 0 Å². The number of furan rings is 1. The smallest absolute Gasteiger partial charge is 0.161 e. The van der Waals surface area contributed by atoms with Crippen molar-refractivity contribution in [1.82, 2.24) is 0 Å². The molecule has 1 aromatic heterocycles. The molecule has 1 aromatic carbocycles. The van der Waals surface area contributed by atoms with Crippen LogP contribution in [0.4, 0.5) is 0 Å². The molecule has 0 radical (unpaired) electrons. The van der Waals surface area contributed by atoms with Gasteiger partial charge in [-0.15, -0.1) is 0 Å². The fourth-order valence-corrected chi connectivity index (χ4v) is 2.09. The topological polar surface area (TPSA) is 57.6 Å². The SMILES string of the molecule is CC1COc2ccc(C(N)c3ccco3)cc2OC1. The van der Waals surface area contributed by atoms with E-state index in [1.165, 1.54) is 0 Å². The first-order valence-electron chi connectivity index (χ1n) is 6.42. The Morgan fingerprint density at radius 3 is 2.68 bits per heavy atom. The monoisotopic (exact) mass is 259 g/mol. The highest BCUT2D eigenvalue weighted by Gasteiger charge is 2.18. The number of benzene rings is 1. The van der Waals surface area contributed by atoms with Crippen LogP contribution in [0.15, 0.2) is 41.0 Å². The first kappa shape index (κ1) is 12.1. The third-order valence-corrected chi connectivity index (χ3v) is 3.22. The molecule has 2 atom stereocenters. The predicted molar refractivity (Wildman–Crippen MR) is 71.3 cm³/mol. The summed E-state index contributed by atoms with van der Waals surface area (Å²) in [6.45, 7) is 3.43. The standard InChI is InChI=1S/C15H17NO3/c1-10-8-18-12-5-4-11(7-14(12)19-9-10)15(16)13-3-2-6-17-13/h2-7,10,15H,8-9,16H2,1H3. The Bertz CT molecular complexity index is 551. The largest absolute Gasteiger partial charge is 0.489 e. The highest BCUT2D eigenvalue weighted by Crippen LogP contribution is 2.34. The summed E-state index contributed by atoms with van der Waals surface area (Å²) in [5, 5.41) is 0. The zero-order chi connectivity index (χ0) is 13.2. The average molecular weight is 259 g/mol. The van der Waals surface area contributed by atoms with Crippen molar-refractivity contribution in [2.45, 2.75) is 13.0 Å². The minimum Gasteiger partial charge on any atom is -0.489 e. The molecule has 2 N–H and O–H groups in total. The van der Waals surface area contributed by atoms with E-state index in [9.17, 15) is 0 Å². The first-order valence-corrected chi connectivity index (χ1v) is 6.42. The van der Waals surface area contributed by atoms with Crippen LogP contribution < -0.4 is 15.2 Å². The normalized spacial score (nSPS) is 19.8. The van der Waals surface area contributed by atoms with Crippen molar-refractivity contribution >= 4 is 0 Å². The summed E-state index contributed by atoms with van der Waals surface area (Å²) in [7, 11) is 0. The van der Waals surface area contributed by atoms with Crippen molar-refractivity contribution < 1.29 is 13.9 Å². The molecular formula is C15H17NO3. The third kappa shape index (κ3) is 2.44. The minimum atomic E-state index is -0.287. The molecule has 2 unspecified atom stereocenters. The van der Waals surface area contributed by atoms with Crippen LogP contribution in [-0.4, -0.2) is 13.2 Å². The van der Waals surface area contributed by atoms with Crippen LogP contribution in [0.25, 0.3) is 0 Å². The van der Waals surface area contributed by atoms with Crippen LogP contribution in [-0.2, 0) is 0 Å². The highest BCUT2D eigenvalue weighted by atomic mass is 16.5. The molecule has 0 spiro atoms. The second kappa shape index (κ2) is 4.97. The zero-order valence-electron chi connectivity index (χ0n) is 10.8. The highest BCUT2D eigenvalue weighted by molar-refractivity contribution is 5.45. The van der Waals surface area contributed by atoms with E-state index in [2.05, 4.69) is 6.92 Å². The molecular weight excluding hydrogens is 242 g/mol. The van der Waals surface area contributed by atoms with Crippen LogP contribution in [0, 0.1) is 5.92 Å². The summed E-state index contributed by atoms with van der Waals surface area (Å²) in [6, 6.07) is 9.21. The molecule has 19 heavy (non-hydrogen) atoms. The first-order chi connectivity index (χ1) is 9.24. The van der Waals surface area contributed by atoms with Crippen molar-refractivity contribution in [2.75, 3.05) is 13.2 Å². The van der Waals surface area contributed by atoms with Gasteiger partial charge in [-0.05, 0) is 29.8 Å². The zero-order valence-corrected chi connectivity index (χ0v) is 10.8. The van der Waals surface area contributed by atoms with Gasteiger partial charge in [-0.2, -0.15) is 0 Å². The second-order valence-corrected chi connectivity index (χ2v) is 4.93. The Balaban J connectivity index is 1.89. The minimum absolute atomic E-state index is 0.287. The summed E-state index contributed by atoms with van der Waals surface area (Å²) in [4.78, 5) is 0. The van der Waals surface area contributed by atoms with E-state index in [1.807, 2.05) is 30.3 Å². The summed E-state index contributed by atoms with van der Waals surface area (Å²) in [5.41, 5.74) is 7.12. The molecule has 0 fully saturated rings. The number of hydrogen-bond acceptors (Lipinski definition) is 4. The predicted octanol–water partition coefficient (Wildman–Crippen LogP) is 2.74. The second-order valence-electron chi connectivity index (χ2n) is 4.93. The maximum Gasteiger partial charge on any atom is 0.161 e. The molecule has 0 saturated heterocycles. The average Bonchev–Trinajstić information content (AvgIpc) is 2.90. The van der Waals surface area contributed by atoms with E-state index in [1.54, 1.807) is 6.26 Å². The van der Waals surface area contributed by atoms with Crippen LogP contribution in [0.3, 0.4) is 0 Å². The molecule has 2 heterocycles. The molecule has 1 aliphatic rings. The third-order valence-electron chi connectivity index (χ3n) is 3.22. The lowest BCUT2D eigenvalue weighted by atomic mass is 10.0. The van der Waals surface area contributed by atoms with Crippen molar-refractivity contribution in [3.63, 3.8) is 0 Å². The van der Waals surface area contributed by atoms with Gasteiger partial charge < -0.3 is 19.6 Å². The summed E-state index contributed by atoms with van der Waals surface area (Å²) in [5.74, 6) is 2.65. The van der Waals surface area contributed by atoms with Gasteiger partial charge in [0.25, 0.3) is 0 Å². The van der Waals surface area contributed by atoms with E-state index >= 15 is 0 Å². The molecule has 0 aliphatic carbocycles. The van der Waals surface area contributed by atoms with Gasteiger partial charge in [-0.3, -0.25) is 0 Å². The Labute approximate surface area is 112 Å². The van der Waals surface area contributed by atoms with Gasteiger partial charge in [-0.1, -0.05) is 13.0 Å². The van der Waals surface area contributed by atoms with Gasteiger partial charge in [0.2, 0.25) is 0 Å². The molecule has 1 aliphatic heterocycles. The van der Waals surface area contributed by atoms with Crippen molar-refractivity contribution in [3.8, 4) is 11.5 Å². The Morgan fingerprint density at radius 1 is 1.16 bits per heavy atom. The molecule has 2 aromatic rings. The van der Waals surface area contributed by atoms with Crippen molar-refractivity contribution in [2.24, 2.45) is 11.7 Å². The summed E-state index contributed by atoms with van der Waals surface area (Å²) >= 11 is 0. The van der Waals surface area contributed by atoms with Crippen LogP contribution in [0.5, 0.6) is 11.5 Å². The Kier molecular flexibility index (Phi) is 3.17. The van der Waals surface area contributed by atoms with E-state index in [-0.39, 0.29) is 6.04 Å². The molecule has 3 rings (SSSR count). The van der Waals surface area contributed by atoms with Crippen LogP contribution >= 0.6 is 0 Å². The lowest BCUT2D eigenvalue weighted by molar-refractivity contribution is 0.228. The molecule has 100 valence electrons. The van der Waals surface area contributed by atoms with E-state index in [4.69, 9.17) is 19.6 Å². The molecule has 0 amide bonds. The van der Waals surface area contributed by atoms with E-state index in [0.717, 1.165) is 22.8 Å². The van der Waals surface area contributed by atoms with Crippen molar-refractivity contribution in [3.05, 3.63) is 47.9 Å². The van der Waals surface area contributed by atoms with Gasteiger partial charge in [0, 0.05) is 5.92 Å². The number of hydrogen-bond donors (Lipinski definition) is 1. The van der Waals surface area contributed by atoms with E-state index in [0.29, 0.717) is 19.1 Å². The Hall–Kier alpha value is -1.94. The molecule has 4 nitrogen and oxygen atoms in total. The summed E-state index contributed by atoms with van der Waals surface area (Å²) in [6.07, 6.45) is 1.62. The molecule has 0 saturated carbocycles.